The Hall–Kier alpha value is -3.48. The van der Waals surface area contributed by atoms with E-state index in [0.717, 1.165) is 24.8 Å². The molecule has 2 aromatic rings. The molecule has 1 aliphatic carbocycles. The van der Waals surface area contributed by atoms with E-state index < -0.39 is 11.9 Å². The Morgan fingerprint density at radius 1 is 1.09 bits per heavy atom. The van der Waals surface area contributed by atoms with E-state index in [0.29, 0.717) is 23.4 Å². The SMILES string of the molecule is CC(O)=C(N=Nc1ccccc1C(=O)OC1CC(C)CCC1C(C)C)C(=O)Nc1ccc(C)cc1. The first-order valence-electron chi connectivity index (χ1n) is 12.1. The number of azo groups is 1. The molecule has 0 aromatic heterocycles. The predicted octanol–water partition coefficient (Wildman–Crippen LogP) is 7.12. The van der Waals surface area contributed by atoms with Crippen molar-refractivity contribution in [2.24, 2.45) is 28.0 Å². The minimum atomic E-state index is -0.603. The van der Waals surface area contributed by atoms with Crippen LogP contribution in [0.2, 0.25) is 0 Å². The first-order chi connectivity index (χ1) is 16.7. The predicted molar refractivity (Wildman–Crippen MR) is 137 cm³/mol. The number of hydrogen-bond donors (Lipinski definition) is 2. The largest absolute Gasteiger partial charge is 0.510 e. The van der Waals surface area contributed by atoms with Crippen LogP contribution in [0.25, 0.3) is 0 Å². The van der Waals surface area contributed by atoms with Gasteiger partial charge in [-0.3, -0.25) is 4.79 Å². The van der Waals surface area contributed by atoms with Crippen molar-refractivity contribution in [2.75, 3.05) is 5.32 Å². The Labute approximate surface area is 207 Å². The number of nitrogens with one attached hydrogen (secondary N) is 1. The van der Waals surface area contributed by atoms with Gasteiger partial charge in [0.05, 0.1) is 5.56 Å². The van der Waals surface area contributed by atoms with Crippen molar-refractivity contribution >= 4 is 23.3 Å². The molecular weight excluding hydrogens is 442 g/mol. The molecule has 7 nitrogen and oxygen atoms in total. The second-order valence-electron chi connectivity index (χ2n) is 9.74. The second-order valence-corrected chi connectivity index (χ2v) is 9.74. The molecule has 186 valence electrons. The van der Waals surface area contributed by atoms with Crippen molar-refractivity contribution in [2.45, 2.75) is 60.0 Å². The van der Waals surface area contributed by atoms with Gasteiger partial charge in [0.25, 0.3) is 5.91 Å². The first-order valence-corrected chi connectivity index (χ1v) is 12.1. The zero-order valence-corrected chi connectivity index (χ0v) is 21.1. The van der Waals surface area contributed by atoms with Crippen LogP contribution in [0.4, 0.5) is 11.4 Å². The summed E-state index contributed by atoms with van der Waals surface area (Å²) in [6.07, 6.45) is 2.88. The minimum Gasteiger partial charge on any atom is -0.510 e. The lowest BCUT2D eigenvalue weighted by Crippen LogP contribution is -2.35. The normalized spacial score (nSPS) is 21.0. The van der Waals surface area contributed by atoms with Gasteiger partial charge in [-0.05, 0) is 68.7 Å². The molecule has 1 fully saturated rings. The third kappa shape index (κ3) is 7.01. The van der Waals surface area contributed by atoms with E-state index in [1.54, 1.807) is 36.4 Å². The molecule has 0 radical (unpaired) electrons. The molecule has 2 aromatic carbocycles. The van der Waals surface area contributed by atoms with Crippen LogP contribution in [0.15, 0.2) is 70.2 Å². The molecule has 1 amide bonds. The van der Waals surface area contributed by atoms with Crippen LogP contribution in [0.5, 0.6) is 0 Å². The minimum absolute atomic E-state index is 0.147. The summed E-state index contributed by atoms with van der Waals surface area (Å²) in [6, 6.07) is 14.0. The molecule has 3 rings (SSSR count). The summed E-state index contributed by atoms with van der Waals surface area (Å²) >= 11 is 0. The van der Waals surface area contributed by atoms with Gasteiger partial charge in [0.15, 0.2) is 5.70 Å². The van der Waals surface area contributed by atoms with Gasteiger partial charge in [0.2, 0.25) is 0 Å². The molecule has 7 heteroatoms. The van der Waals surface area contributed by atoms with Gasteiger partial charge in [0, 0.05) is 5.69 Å². The summed E-state index contributed by atoms with van der Waals surface area (Å²) in [5.74, 6) is -0.101. The molecule has 0 spiro atoms. The fourth-order valence-corrected chi connectivity index (χ4v) is 4.40. The number of hydrogen-bond acceptors (Lipinski definition) is 6. The van der Waals surface area contributed by atoms with Crippen molar-refractivity contribution in [3.8, 4) is 0 Å². The number of rotatable bonds is 7. The van der Waals surface area contributed by atoms with Gasteiger partial charge in [-0.1, -0.05) is 57.0 Å². The maximum atomic E-state index is 13.1. The summed E-state index contributed by atoms with van der Waals surface area (Å²) in [5, 5.41) is 20.9. The number of aryl methyl sites for hydroxylation is 1. The quantitative estimate of drug-likeness (QED) is 0.192. The number of ether oxygens (including phenoxy) is 1. The smallest absolute Gasteiger partial charge is 0.340 e. The topological polar surface area (TPSA) is 100 Å². The summed E-state index contributed by atoms with van der Waals surface area (Å²) in [4.78, 5) is 25.8. The van der Waals surface area contributed by atoms with E-state index in [1.165, 1.54) is 6.92 Å². The lowest BCUT2D eigenvalue weighted by atomic mass is 9.75. The highest BCUT2D eigenvalue weighted by Crippen LogP contribution is 2.36. The van der Waals surface area contributed by atoms with Crippen molar-refractivity contribution in [3.63, 3.8) is 0 Å². The standard InChI is InChI=1S/C28H35N3O4/c1-17(2)22-15-12-19(4)16-25(22)35-28(34)23-8-6-7-9-24(23)30-31-26(20(5)32)27(33)29-21-13-10-18(3)11-14-21/h6-11,13-14,17,19,22,25,32H,12,15-16H2,1-5H3,(H,29,33). The Morgan fingerprint density at radius 2 is 1.77 bits per heavy atom. The van der Waals surface area contributed by atoms with E-state index in [-0.39, 0.29) is 28.8 Å². The molecule has 0 heterocycles. The average molecular weight is 478 g/mol. The van der Waals surface area contributed by atoms with Crippen molar-refractivity contribution in [1.29, 1.82) is 0 Å². The van der Waals surface area contributed by atoms with E-state index >= 15 is 0 Å². The molecule has 35 heavy (non-hydrogen) atoms. The maximum Gasteiger partial charge on any atom is 0.340 e. The summed E-state index contributed by atoms with van der Waals surface area (Å²) in [5.41, 5.74) is 1.92. The number of allylic oxidation sites excluding steroid dienone is 1. The van der Waals surface area contributed by atoms with Gasteiger partial charge in [-0.25, -0.2) is 4.79 Å². The highest BCUT2D eigenvalue weighted by atomic mass is 16.5. The number of anilines is 1. The summed E-state index contributed by atoms with van der Waals surface area (Å²) < 4.78 is 5.97. The molecule has 0 saturated heterocycles. The number of esters is 1. The molecule has 3 atom stereocenters. The van der Waals surface area contributed by atoms with Gasteiger partial charge in [-0.2, -0.15) is 0 Å². The first kappa shape index (κ1) is 26.1. The van der Waals surface area contributed by atoms with E-state index in [4.69, 9.17) is 4.74 Å². The van der Waals surface area contributed by atoms with Crippen LogP contribution in [0, 0.1) is 24.7 Å². The lowest BCUT2D eigenvalue weighted by Gasteiger charge is -2.36. The Kier molecular flexibility index (Phi) is 8.79. The number of carbonyl (C=O) groups excluding carboxylic acids is 2. The number of benzene rings is 2. The Morgan fingerprint density at radius 3 is 2.43 bits per heavy atom. The van der Waals surface area contributed by atoms with Crippen LogP contribution in [0.1, 0.15) is 62.9 Å². The fourth-order valence-electron chi connectivity index (χ4n) is 4.40. The van der Waals surface area contributed by atoms with Gasteiger partial charge < -0.3 is 15.2 Å². The van der Waals surface area contributed by atoms with Crippen LogP contribution < -0.4 is 5.32 Å². The maximum absolute atomic E-state index is 13.1. The highest BCUT2D eigenvalue weighted by molar-refractivity contribution is 6.03. The van der Waals surface area contributed by atoms with E-state index in [1.807, 2.05) is 19.1 Å². The van der Waals surface area contributed by atoms with E-state index in [2.05, 4.69) is 36.3 Å². The zero-order chi connectivity index (χ0) is 25.5. The Bertz CT molecular complexity index is 1100. The number of aliphatic hydroxyl groups excluding tert-OH is 1. The number of amides is 1. The van der Waals surface area contributed by atoms with Crippen LogP contribution in [0.3, 0.4) is 0 Å². The fraction of sp³-hybridized carbons (Fsp3) is 0.429. The number of nitrogens with zero attached hydrogens (tertiary/aromatic N) is 2. The summed E-state index contributed by atoms with van der Waals surface area (Å²) in [6.45, 7) is 9.82. The Balaban J connectivity index is 1.78. The van der Waals surface area contributed by atoms with Gasteiger partial charge >= 0.3 is 5.97 Å². The van der Waals surface area contributed by atoms with Crippen LogP contribution in [-0.2, 0) is 9.53 Å². The molecule has 0 bridgehead atoms. The number of aliphatic hydroxyl groups is 1. The summed E-state index contributed by atoms with van der Waals surface area (Å²) in [7, 11) is 0. The third-order valence-corrected chi connectivity index (χ3v) is 6.47. The lowest BCUT2D eigenvalue weighted by molar-refractivity contribution is -0.113. The van der Waals surface area contributed by atoms with Crippen molar-refractivity contribution in [3.05, 3.63) is 71.1 Å². The third-order valence-electron chi connectivity index (χ3n) is 6.47. The highest BCUT2D eigenvalue weighted by Gasteiger charge is 2.34. The van der Waals surface area contributed by atoms with E-state index in [9.17, 15) is 14.7 Å². The molecule has 0 aliphatic heterocycles. The zero-order valence-electron chi connectivity index (χ0n) is 21.1. The molecule has 3 unspecified atom stereocenters. The second kappa shape index (κ2) is 11.8. The number of carbonyl (C=O) groups is 2. The average Bonchev–Trinajstić information content (AvgIpc) is 2.80. The molecule has 1 aliphatic rings. The molecule has 1 saturated carbocycles. The monoisotopic (exact) mass is 477 g/mol. The molecular formula is C28H35N3O4. The van der Waals surface area contributed by atoms with Crippen LogP contribution in [-0.4, -0.2) is 23.1 Å². The molecule has 2 N–H and O–H groups in total. The van der Waals surface area contributed by atoms with Gasteiger partial charge in [0.1, 0.15) is 17.6 Å². The van der Waals surface area contributed by atoms with Crippen LogP contribution >= 0.6 is 0 Å². The van der Waals surface area contributed by atoms with Crippen molar-refractivity contribution in [1.82, 2.24) is 0 Å². The van der Waals surface area contributed by atoms with Crippen molar-refractivity contribution < 1.29 is 19.4 Å². The van der Waals surface area contributed by atoms with Gasteiger partial charge in [-0.15, -0.1) is 10.2 Å².